The fourth-order valence-electron chi connectivity index (χ4n) is 1.02. The van der Waals surface area contributed by atoms with Crippen molar-refractivity contribution in [2.75, 3.05) is 12.4 Å². The highest BCUT2D eigenvalue weighted by molar-refractivity contribution is 7.09. The lowest BCUT2D eigenvalue weighted by molar-refractivity contribution is 0.257. The first-order valence-corrected chi connectivity index (χ1v) is 5.71. The van der Waals surface area contributed by atoms with E-state index in [0.717, 1.165) is 17.4 Å². The molecule has 0 aromatic carbocycles. The summed E-state index contributed by atoms with van der Waals surface area (Å²) < 4.78 is 4.31. The molecule has 1 aromatic heterocycles. The van der Waals surface area contributed by atoms with Crippen molar-refractivity contribution in [1.82, 2.24) is 9.36 Å². The van der Waals surface area contributed by atoms with Crippen LogP contribution in [-0.4, -0.2) is 16.4 Å². The molecule has 0 bridgehead atoms. The first-order valence-electron chi connectivity index (χ1n) is 4.94. The van der Waals surface area contributed by atoms with Crippen LogP contribution in [0.25, 0.3) is 0 Å². The maximum atomic E-state index is 4.38. The van der Waals surface area contributed by atoms with Gasteiger partial charge >= 0.3 is 0 Å². The van der Waals surface area contributed by atoms with Crippen molar-refractivity contribution in [1.29, 1.82) is 0 Å². The van der Waals surface area contributed by atoms with Gasteiger partial charge in [0.05, 0.1) is 0 Å². The maximum Gasteiger partial charge on any atom is 0.202 e. The molecule has 1 unspecified atom stereocenters. The van der Waals surface area contributed by atoms with Crippen molar-refractivity contribution < 1.29 is 0 Å². The minimum atomic E-state index is 0.325. The van der Waals surface area contributed by atoms with E-state index in [4.69, 9.17) is 0 Å². The largest absolute Gasteiger partial charge is 0.363 e. The van der Waals surface area contributed by atoms with Crippen LogP contribution < -0.4 is 5.32 Å². The van der Waals surface area contributed by atoms with Crippen LogP contribution in [0.3, 0.4) is 0 Å². The summed E-state index contributed by atoms with van der Waals surface area (Å²) in [6.45, 7) is 9.01. The van der Waals surface area contributed by atoms with Gasteiger partial charge in [0.25, 0.3) is 0 Å². The van der Waals surface area contributed by atoms with Crippen LogP contribution in [0.15, 0.2) is 0 Å². The van der Waals surface area contributed by atoms with Gasteiger partial charge in [0, 0.05) is 25.0 Å². The number of anilines is 1. The number of nitrogens with one attached hydrogen (secondary N) is 1. The Hall–Kier alpha value is -0.640. The fourth-order valence-corrected chi connectivity index (χ4v) is 1.56. The quantitative estimate of drug-likeness (QED) is 0.839. The summed E-state index contributed by atoms with van der Waals surface area (Å²) in [5, 5.41) is 3.91. The van der Waals surface area contributed by atoms with Crippen molar-refractivity contribution >= 4 is 16.7 Å². The van der Waals surface area contributed by atoms with Crippen LogP contribution in [-0.2, 0) is 6.42 Å². The molecule has 0 radical (unpaired) electrons. The SMILES string of the molecule is CNc1nc(CC(C)C(C)(C)C)ns1. The van der Waals surface area contributed by atoms with Gasteiger partial charge in [-0.05, 0) is 11.3 Å². The third kappa shape index (κ3) is 2.94. The van der Waals surface area contributed by atoms with Gasteiger partial charge in [-0.2, -0.15) is 4.37 Å². The monoisotopic (exact) mass is 213 g/mol. The fraction of sp³-hybridized carbons (Fsp3) is 0.800. The molecule has 3 nitrogen and oxygen atoms in total. The number of hydrogen-bond acceptors (Lipinski definition) is 4. The Morgan fingerprint density at radius 3 is 2.50 bits per heavy atom. The normalized spacial score (nSPS) is 14.1. The minimum absolute atomic E-state index is 0.325. The van der Waals surface area contributed by atoms with E-state index in [9.17, 15) is 0 Å². The Balaban J connectivity index is 2.60. The highest BCUT2D eigenvalue weighted by Crippen LogP contribution is 2.28. The molecule has 80 valence electrons. The molecule has 14 heavy (non-hydrogen) atoms. The summed E-state index contributed by atoms with van der Waals surface area (Å²) in [6.07, 6.45) is 0.960. The standard InChI is InChI=1S/C10H19N3S/c1-7(10(2,3)4)6-8-12-9(11-5)14-13-8/h7H,6H2,1-5H3,(H,11,12,13). The first kappa shape index (κ1) is 11.4. The molecule has 0 saturated carbocycles. The highest BCUT2D eigenvalue weighted by atomic mass is 32.1. The van der Waals surface area contributed by atoms with Gasteiger partial charge < -0.3 is 5.32 Å². The molecule has 0 spiro atoms. The lowest BCUT2D eigenvalue weighted by Gasteiger charge is -2.26. The Bertz CT molecular complexity index is 288. The number of nitrogens with zero attached hydrogens (tertiary/aromatic N) is 2. The van der Waals surface area contributed by atoms with Crippen molar-refractivity contribution in [3.8, 4) is 0 Å². The second-order valence-electron chi connectivity index (χ2n) is 4.74. The molecule has 1 N–H and O–H groups in total. The molecule has 1 rings (SSSR count). The van der Waals surface area contributed by atoms with Gasteiger partial charge in [0.15, 0.2) is 0 Å². The van der Waals surface area contributed by atoms with Crippen LogP contribution in [0, 0.1) is 11.3 Å². The maximum absolute atomic E-state index is 4.38. The van der Waals surface area contributed by atoms with E-state index in [1.807, 2.05) is 7.05 Å². The summed E-state index contributed by atoms with van der Waals surface area (Å²) in [5.41, 5.74) is 0.325. The zero-order valence-corrected chi connectivity index (χ0v) is 10.4. The number of aromatic nitrogens is 2. The molecule has 0 amide bonds. The van der Waals surface area contributed by atoms with Crippen LogP contribution in [0.5, 0.6) is 0 Å². The van der Waals surface area contributed by atoms with E-state index in [-0.39, 0.29) is 0 Å². The minimum Gasteiger partial charge on any atom is -0.363 e. The molecular formula is C10H19N3S. The predicted molar refractivity (Wildman–Crippen MR) is 61.8 cm³/mol. The lowest BCUT2D eigenvalue weighted by Crippen LogP contribution is -2.19. The third-order valence-corrected chi connectivity index (χ3v) is 3.42. The number of rotatable bonds is 3. The third-order valence-electron chi connectivity index (χ3n) is 2.65. The lowest BCUT2D eigenvalue weighted by atomic mass is 9.80. The second-order valence-corrected chi connectivity index (χ2v) is 5.49. The molecule has 1 heterocycles. The van der Waals surface area contributed by atoms with Gasteiger partial charge in [-0.25, -0.2) is 4.98 Å². The molecule has 0 fully saturated rings. The molecule has 0 aliphatic rings. The average molecular weight is 213 g/mol. The van der Waals surface area contributed by atoms with Gasteiger partial charge in [-0.3, -0.25) is 0 Å². The smallest absolute Gasteiger partial charge is 0.202 e. The van der Waals surface area contributed by atoms with E-state index in [1.54, 1.807) is 0 Å². The van der Waals surface area contributed by atoms with Gasteiger partial charge in [-0.15, -0.1) is 0 Å². The van der Waals surface area contributed by atoms with Gasteiger partial charge in [-0.1, -0.05) is 27.7 Å². The topological polar surface area (TPSA) is 37.8 Å². The van der Waals surface area contributed by atoms with Crippen molar-refractivity contribution in [3.05, 3.63) is 5.82 Å². The summed E-state index contributed by atoms with van der Waals surface area (Å²) in [4.78, 5) is 4.38. The summed E-state index contributed by atoms with van der Waals surface area (Å²) >= 11 is 1.43. The molecule has 0 aliphatic heterocycles. The van der Waals surface area contributed by atoms with Crippen LogP contribution in [0.1, 0.15) is 33.5 Å². The predicted octanol–water partition coefficient (Wildman–Crippen LogP) is 2.80. The Kier molecular flexibility index (Phi) is 3.48. The molecule has 4 heteroatoms. The highest BCUT2D eigenvalue weighted by Gasteiger charge is 2.21. The average Bonchev–Trinajstić information content (AvgIpc) is 2.50. The van der Waals surface area contributed by atoms with E-state index in [2.05, 4.69) is 42.4 Å². The second kappa shape index (κ2) is 4.26. The van der Waals surface area contributed by atoms with Crippen LogP contribution in [0.2, 0.25) is 0 Å². The van der Waals surface area contributed by atoms with E-state index < -0.39 is 0 Å². The molecular weight excluding hydrogens is 194 g/mol. The van der Waals surface area contributed by atoms with E-state index in [1.165, 1.54) is 11.5 Å². The van der Waals surface area contributed by atoms with Crippen molar-refractivity contribution in [2.45, 2.75) is 34.1 Å². The van der Waals surface area contributed by atoms with Gasteiger partial charge in [0.1, 0.15) is 5.82 Å². The van der Waals surface area contributed by atoms with Crippen LogP contribution >= 0.6 is 11.5 Å². The zero-order chi connectivity index (χ0) is 10.8. The van der Waals surface area contributed by atoms with E-state index in [0.29, 0.717) is 11.3 Å². The van der Waals surface area contributed by atoms with Crippen LogP contribution in [0.4, 0.5) is 5.13 Å². The van der Waals surface area contributed by atoms with Crippen molar-refractivity contribution in [2.24, 2.45) is 11.3 Å². The first-order chi connectivity index (χ1) is 6.43. The van der Waals surface area contributed by atoms with Crippen molar-refractivity contribution in [3.63, 3.8) is 0 Å². The van der Waals surface area contributed by atoms with Gasteiger partial charge in [0.2, 0.25) is 5.13 Å². The Morgan fingerprint density at radius 1 is 1.43 bits per heavy atom. The summed E-state index contributed by atoms with van der Waals surface area (Å²) in [7, 11) is 1.87. The summed E-state index contributed by atoms with van der Waals surface area (Å²) in [5.74, 6) is 1.56. The molecule has 1 aromatic rings. The molecule has 1 atom stereocenters. The Morgan fingerprint density at radius 2 is 2.07 bits per heavy atom. The Labute approximate surface area is 90.1 Å². The molecule has 0 aliphatic carbocycles. The summed E-state index contributed by atoms with van der Waals surface area (Å²) in [6, 6.07) is 0. The number of hydrogen-bond donors (Lipinski definition) is 1. The zero-order valence-electron chi connectivity index (χ0n) is 9.59. The molecule has 0 saturated heterocycles. The van der Waals surface area contributed by atoms with E-state index >= 15 is 0 Å².